The second-order valence-corrected chi connectivity index (χ2v) is 5.46. The van der Waals surface area contributed by atoms with Crippen LogP contribution in [-0.2, 0) is 17.8 Å². The van der Waals surface area contributed by atoms with Crippen LogP contribution < -0.4 is 5.32 Å². The van der Waals surface area contributed by atoms with Crippen LogP contribution >= 0.6 is 0 Å². The molecule has 1 aromatic rings. The molecule has 3 nitrogen and oxygen atoms in total. The Balaban J connectivity index is 1.99. The normalized spacial score (nSPS) is 16.8. The lowest BCUT2D eigenvalue weighted by Crippen LogP contribution is -2.36. The van der Waals surface area contributed by atoms with Crippen molar-refractivity contribution in [3.63, 3.8) is 0 Å². The summed E-state index contributed by atoms with van der Waals surface area (Å²) in [7, 11) is 2.08. The minimum atomic E-state index is -0.107. The lowest BCUT2D eigenvalue weighted by molar-refractivity contribution is 0.0404. The van der Waals surface area contributed by atoms with Crippen LogP contribution in [0.2, 0.25) is 0 Å². The largest absolute Gasteiger partial charge is 0.381 e. The van der Waals surface area contributed by atoms with E-state index in [0.717, 1.165) is 50.3 Å². The Morgan fingerprint density at radius 2 is 2.10 bits per heavy atom. The van der Waals surface area contributed by atoms with Crippen molar-refractivity contribution in [1.29, 1.82) is 0 Å². The Labute approximate surface area is 121 Å². The Kier molecular flexibility index (Phi) is 5.95. The minimum Gasteiger partial charge on any atom is -0.381 e. The quantitative estimate of drug-likeness (QED) is 0.866. The number of rotatable bonds is 6. The highest BCUT2D eigenvalue weighted by atomic mass is 19.1. The highest BCUT2D eigenvalue weighted by Gasteiger charge is 2.19. The molecule has 1 heterocycles. The predicted octanol–water partition coefficient (Wildman–Crippen LogP) is 2.55. The van der Waals surface area contributed by atoms with Gasteiger partial charge in [-0.3, -0.25) is 4.90 Å². The van der Waals surface area contributed by atoms with E-state index in [-0.39, 0.29) is 5.82 Å². The van der Waals surface area contributed by atoms with E-state index in [9.17, 15) is 4.39 Å². The van der Waals surface area contributed by atoms with Crippen molar-refractivity contribution in [2.24, 2.45) is 0 Å². The molecule has 0 aliphatic carbocycles. The molecule has 1 N–H and O–H groups in total. The van der Waals surface area contributed by atoms with Gasteiger partial charge in [0.15, 0.2) is 0 Å². The molecule has 0 amide bonds. The zero-order chi connectivity index (χ0) is 14.4. The van der Waals surface area contributed by atoms with Gasteiger partial charge in [-0.05, 0) is 38.1 Å². The highest BCUT2D eigenvalue weighted by Crippen LogP contribution is 2.18. The van der Waals surface area contributed by atoms with Crippen LogP contribution in [0.25, 0.3) is 0 Å². The lowest BCUT2D eigenvalue weighted by Gasteiger charge is -2.31. The number of hydrogen-bond donors (Lipinski definition) is 1. The first-order valence-electron chi connectivity index (χ1n) is 7.46. The van der Waals surface area contributed by atoms with Gasteiger partial charge in [-0.1, -0.05) is 19.1 Å². The molecule has 0 unspecified atom stereocenters. The summed E-state index contributed by atoms with van der Waals surface area (Å²) in [6, 6.07) is 5.92. The zero-order valence-corrected chi connectivity index (χ0v) is 12.5. The molecule has 0 atom stereocenters. The summed E-state index contributed by atoms with van der Waals surface area (Å²) in [6.07, 6.45) is 2.07. The maximum absolute atomic E-state index is 13.9. The van der Waals surface area contributed by atoms with Crippen LogP contribution in [0.15, 0.2) is 18.2 Å². The minimum absolute atomic E-state index is 0.107. The average Bonchev–Trinajstić information content (AvgIpc) is 2.49. The van der Waals surface area contributed by atoms with Crippen molar-refractivity contribution >= 4 is 0 Å². The molecular formula is C16H25FN2O. The molecule has 20 heavy (non-hydrogen) atoms. The first-order valence-corrected chi connectivity index (χ1v) is 7.46. The zero-order valence-electron chi connectivity index (χ0n) is 12.5. The molecule has 1 fully saturated rings. The molecule has 1 aliphatic rings. The van der Waals surface area contributed by atoms with E-state index in [4.69, 9.17) is 4.74 Å². The first-order chi connectivity index (χ1) is 9.70. The van der Waals surface area contributed by atoms with Crippen molar-refractivity contribution in [2.45, 2.75) is 38.9 Å². The Morgan fingerprint density at radius 1 is 1.35 bits per heavy atom. The molecule has 1 saturated heterocycles. The molecule has 2 rings (SSSR count). The van der Waals surface area contributed by atoms with Crippen molar-refractivity contribution in [3.8, 4) is 0 Å². The van der Waals surface area contributed by atoms with Gasteiger partial charge < -0.3 is 10.1 Å². The second-order valence-electron chi connectivity index (χ2n) is 5.46. The van der Waals surface area contributed by atoms with E-state index < -0.39 is 0 Å². The monoisotopic (exact) mass is 280 g/mol. The predicted molar refractivity (Wildman–Crippen MR) is 79.1 cm³/mol. The second kappa shape index (κ2) is 7.72. The number of ether oxygens (including phenoxy) is 1. The van der Waals surface area contributed by atoms with E-state index in [1.54, 1.807) is 6.07 Å². The van der Waals surface area contributed by atoms with E-state index in [1.165, 1.54) is 0 Å². The highest BCUT2D eigenvalue weighted by molar-refractivity contribution is 5.25. The molecular weight excluding hydrogens is 255 g/mol. The summed E-state index contributed by atoms with van der Waals surface area (Å²) >= 11 is 0. The fourth-order valence-corrected chi connectivity index (χ4v) is 2.65. The first kappa shape index (κ1) is 15.4. The molecule has 112 valence electrons. The fourth-order valence-electron chi connectivity index (χ4n) is 2.65. The van der Waals surface area contributed by atoms with Gasteiger partial charge >= 0.3 is 0 Å². The van der Waals surface area contributed by atoms with E-state index in [1.807, 2.05) is 12.1 Å². The number of benzene rings is 1. The maximum atomic E-state index is 13.9. The Morgan fingerprint density at radius 3 is 2.80 bits per heavy atom. The van der Waals surface area contributed by atoms with Gasteiger partial charge in [-0.2, -0.15) is 0 Å². The van der Waals surface area contributed by atoms with Crippen molar-refractivity contribution in [2.75, 3.05) is 26.8 Å². The third kappa shape index (κ3) is 4.27. The lowest BCUT2D eigenvalue weighted by atomic mass is 10.1. The Hall–Kier alpha value is -0.970. The summed E-state index contributed by atoms with van der Waals surface area (Å²) in [6.45, 7) is 6.09. The van der Waals surface area contributed by atoms with E-state index in [0.29, 0.717) is 12.6 Å². The number of nitrogens with zero attached hydrogens (tertiary/aromatic N) is 1. The molecule has 0 aromatic heterocycles. The summed E-state index contributed by atoms with van der Waals surface area (Å²) in [5.41, 5.74) is 1.93. The van der Waals surface area contributed by atoms with Gasteiger partial charge in [0.2, 0.25) is 0 Å². The van der Waals surface area contributed by atoms with Crippen LogP contribution in [0.3, 0.4) is 0 Å². The number of nitrogens with one attached hydrogen (secondary N) is 1. The van der Waals surface area contributed by atoms with E-state index in [2.05, 4.69) is 24.2 Å². The van der Waals surface area contributed by atoms with Crippen LogP contribution in [0.4, 0.5) is 4.39 Å². The molecule has 1 aromatic carbocycles. The van der Waals surface area contributed by atoms with Gasteiger partial charge in [0.25, 0.3) is 0 Å². The van der Waals surface area contributed by atoms with Crippen LogP contribution in [0.1, 0.15) is 30.9 Å². The van der Waals surface area contributed by atoms with Gasteiger partial charge in [-0.15, -0.1) is 0 Å². The summed E-state index contributed by atoms with van der Waals surface area (Å²) in [5, 5.41) is 3.28. The summed E-state index contributed by atoms with van der Waals surface area (Å²) < 4.78 is 19.3. The smallest absolute Gasteiger partial charge is 0.127 e. The molecule has 0 bridgehead atoms. The number of halogens is 1. The molecule has 0 saturated carbocycles. The molecule has 0 spiro atoms. The van der Waals surface area contributed by atoms with Gasteiger partial charge in [0, 0.05) is 37.9 Å². The van der Waals surface area contributed by atoms with Crippen LogP contribution in [0, 0.1) is 5.82 Å². The SMILES string of the molecule is CCNCc1ccc(F)c(CN(C)C2CCOCC2)c1. The Bertz CT molecular complexity index is 419. The van der Waals surface area contributed by atoms with Crippen molar-refractivity contribution in [1.82, 2.24) is 10.2 Å². The van der Waals surface area contributed by atoms with Gasteiger partial charge in [0.1, 0.15) is 5.82 Å². The topological polar surface area (TPSA) is 24.5 Å². The van der Waals surface area contributed by atoms with Gasteiger partial charge in [-0.25, -0.2) is 4.39 Å². The summed E-state index contributed by atoms with van der Waals surface area (Å²) in [5.74, 6) is -0.107. The standard InChI is InChI=1S/C16H25FN2O/c1-3-18-11-13-4-5-16(17)14(10-13)12-19(2)15-6-8-20-9-7-15/h4-5,10,15,18H,3,6-9,11-12H2,1-2H3. The number of hydrogen-bond acceptors (Lipinski definition) is 3. The van der Waals surface area contributed by atoms with E-state index >= 15 is 0 Å². The molecule has 1 aliphatic heterocycles. The fraction of sp³-hybridized carbons (Fsp3) is 0.625. The van der Waals surface area contributed by atoms with Crippen molar-refractivity contribution in [3.05, 3.63) is 35.1 Å². The van der Waals surface area contributed by atoms with Crippen LogP contribution in [0.5, 0.6) is 0 Å². The summed E-state index contributed by atoms with van der Waals surface area (Å²) in [4.78, 5) is 2.25. The van der Waals surface area contributed by atoms with Gasteiger partial charge in [0.05, 0.1) is 0 Å². The third-order valence-electron chi connectivity index (χ3n) is 3.92. The third-order valence-corrected chi connectivity index (χ3v) is 3.92. The van der Waals surface area contributed by atoms with Crippen molar-refractivity contribution < 1.29 is 9.13 Å². The maximum Gasteiger partial charge on any atom is 0.127 e. The molecule has 0 radical (unpaired) electrons. The molecule has 4 heteroatoms. The van der Waals surface area contributed by atoms with Crippen LogP contribution in [-0.4, -0.2) is 37.7 Å². The average molecular weight is 280 g/mol.